The Morgan fingerprint density at radius 3 is 2.43 bits per heavy atom. The third-order valence-electron chi connectivity index (χ3n) is 3.82. The maximum Gasteiger partial charge on any atom is 0.416 e. The molecule has 3 rings (SSSR count). The van der Waals surface area contributed by atoms with Gasteiger partial charge >= 0.3 is 6.18 Å². The molecule has 0 bridgehead atoms. The standard InChI is InChI=1S/C16H12ClF3N2O/c17-12-7-2-1-6-11(12)14-13(21)15(23)22(14)10-5-3-4-9(8-10)16(18,19)20/h1-8,13-14H,21H2/t13-,14-/m0/s1. The smallest absolute Gasteiger partial charge is 0.318 e. The lowest BCUT2D eigenvalue weighted by molar-refractivity contribution is -0.137. The second-order valence-corrected chi connectivity index (χ2v) is 5.66. The van der Waals surface area contributed by atoms with Crippen molar-refractivity contribution in [1.82, 2.24) is 0 Å². The van der Waals surface area contributed by atoms with Crippen molar-refractivity contribution in [3.05, 3.63) is 64.7 Å². The first-order valence-corrected chi connectivity index (χ1v) is 7.19. The Morgan fingerprint density at radius 1 is 1.09 bits per heavy atom. The summed E-state index contributed by atoms with van der Waals surface area (Å²) in [6, 6.07) is 10.0. The topological polar surface area (TPSA) is 46.3 Å². The molecule has 7 heteroatoms. The fraction of sp³-hybridized carbons (Fsp3) is 0.188. The third-order valence-corrected chi connectivity index (χ3v) is 4.16. The van der Waals surface area contributed by atoms with Crippen LogP contribution in [0.2, 0.25) is 5.02 Å². The molecule has 0 aliphatic carbocycles. The average Bonchev–Trinajstić information content (AvgIpc) is 2.52. The molecular formula is C16H12ClF3N2O. The Labute approximate surface area is 135 Å². The van der Waals surface area contributed by atoms with Crippen molar-refractivity contribution in [3.8, 4) is 0 Å². The number of carbonyl (C=O) groups is 1. The number of hydrogen-bond acceptors (Lipinski definition) is 2. The molecule has 1 amide bonds. The summed E-state index contributed by atoms with van der Waals surface area (Å²) in [5, 5.41) is 0.414. The molecule has 1 aliphatic heterocycles. The van der Waals surface area contributed by atoms with Gasteiger partial charge in [-0.1, -0.05) is 35.9 Å². The van der Waals surface area contributed by atoms with Crippen molar-refractivity contribution in [2.75, 3.05) is 4.90 Å². The largest absolute Gasteiger partial charge is 0.416 e. The lowest BCUT2D eigenvalue weighted by Crippen LogP contribution is -2.63. The summed E-state index contributed by atoms with van der Waals surface area (Å²) in [6.45, 7) is 0. The van der Waals surface area contributed by atoms with Crippen LogP contribution in [0.1, 0.15) is 17.2 Å². The number of rotatable bonds is 2. The second kappa shape index (κ2) is 5.54. The molecule has 1 aliphatic rings. The van der Waals surface area contributed by atoms with E-state index in [4.69, 9.17) is 17.3 Å². The lowest BCUT2D eigenvalue weighted by Gasteiger charge is -2.46. The van der Waals surface area contributed by atoms with E-state index in [9.17, 15) is 18.0 Å². The van der Waals surface area contributed by atoms with Crippen LogP contribution in [0.4, 0.5) is 18.9 Å². The van der Waals surface area contributed by atoms with Crippen LogP contribution in [0, 0.1) is 0 Å². The summed E-state index contributed by atoms with van der Waals surface area (Å²) < 4.78 is 38.6. The third kappa shape index (κ3) is 2.68. The number of carbonyl (C=O) groups excluding carboxylic acids is 1. The van der Waals surface area contributed by atoms with E-state index in [1.54, 1.807) is 24.3 Å². The highest BCUT2D eigenvalue weighted by atomic mass is 35.5. The maximum absolute atomic E-state index is 12.9. The quantitative estimate of drug-likeness (QED) is 0.846. The van der Waals surface area contributed by atoms with Crippen LogP contribution in [0.5, 0.6) is 0 Å². The molecule has 0 spiro atoms. The zero-order chi connectivity index (χ0) is 16.8. The van der Waals surface area contributed by atoms with Crippen molar-refractivity contribution >= 4 is 23.2 Å². The minimum atomic E-state index is -4.48. The van der Waals surface area contributed by atoms with Gasteiger partial charge in [-0.15, -0.1) is 0 Å². The van der Waals surface area contributed by atoms with Gasteiger partial charge in [0.15, 0.2) is 0 Å². The molecule has 3 nitrogen and oxygen atoms in total. The predicted molar refractivity (Wildman–Crippen MR) is 81.1 cm³/mol. The normalized spacial score (nSPS) is 21.3. The van der Waals surface area contributed by atoms with Gasteiger partial charge in [0.1, 0.15) is 6.04 Å². The number of amides is 1. The van der Waals surface area contributed by atoms with Gasteiger partial charge in [0.25, 0.3) is 0 Å². The van der Waals surface area contributed by atoms with Crippen molar-refractivity contribution in [2.24, 2.45) is 5.73 Å². The van der Waals surface area contributed by atoms with Gasteiger partial charge in [-0.2, -0.15) is 13.2 Å². The van der Waals surface area contributed by atoms with Crippen LogP contribution >= 0.6 is 11.6 Å². The van der Waals surface area contributed by atoms with Crippen LogP contribution in [0.25, 0.3) is 0 Å². The molecule has 0 aromatic heterocycles. The average molecular weight is 341 g/mol. The van der Waals surface area contributed by atoms with Gasteiger partial charge in [0.05, 0.1) is 11.6 Å². The van der Waals surface area contributed by atoms with E-state index in [2.05, 4.69) is 0 Å². The zero-order valence-electron chi connectivity index (χ0n) is 11.7. The van der Waals surface area contributed by atoms with Crippen LogP contribution in [0.3, 0.4) is 0 Å². The van der Waals surface area contributed by atoms with E-state index >= 15 is 0 Å². The molecule has 0 unspecified atom stereocenters. The highest BCUT2D eigenvalue weighted by molar-refractivity contribution is 6.31. The SMILES string of the molecule is N[C@@H]1C(=O)N(c2cccc(C(F)(F)F)c2)[C@H]1c1ccccc1Cl. The molecule has 2 aromatic rings. The van der Waals surface area contributed by atoms with Crippen molar-refractivity contribution < 1.29 is 18.0 Å². The van der Waals surface area contributed by atoms with E-state index in [1.807, 2.05) is 0 Å². The van der Waals surface area contributed by atoms with Gasteiger partial charge in [-0.25, -0.2) is 0 Å². The number of anilines is 1. The van der Waals surface area contributed by atoms with Gasteiger partial charge in [-0.05, 0) is 29.8 Å². The molecule has 120 valence electrons. The highest BCUT2D eigenvalue weighted by Crippen LogP contribution is 2.42. The number of nitrogens with zero attached hydrogens (tertiary/aromatic N) is 1. The molecule has 2 N–H and O–H groups in total. The Kier molecular flexibility index (Phi) is 3.82. The molecular weight excluding hydrogens is 329 g/mol. The number of alkyl halides is 3. The number of hydrogen-bond donors (Lipinski definition) is 1. The molecule has 23 heavy (non-hydrogen) atoms. The van der Waals surface area contributed by atoms with Crippen LogP contribution in [-0.4, -0.2) is 11.9 Å². The van der Waals surface area contributed by atoms with Crippen LogP contribution < -0.4 is 10.6 Å². The molecule has 2 aromatic carbocycles. The van der Waals surface area contributed by atoms with Gasteiger partial charge < -0.3 is 10.6 Å². The fourth-order valence-electron chi connectivity index (χ4n) is 2.68. The Balaban J connectivity index is 2.02. The predicted octanol–water partition coefficient (Wildman–Crippen LogP) is 3.77. The lowest BCUT2D eigenvalue weighted by atomic mass is 9.88. The Morgan fingerprint density at radius 2 is 1.78 bits per heavy atom. The van der Waals surface area contributed by atoms with E-state index in [1.165, 1.54) is 17.0 Å². The number of nitrogens with two attached hydrogens (primary N) is 1. The molecule has 0 radical (unpaired) electrons. The van der Waals surface area contributed by atoms with Gasteiger partial charge in [-0.3, -0.25) is 4.79 Å². The van der Waals surface area contributed by atoms with E-state index in [0.717, 1.165) is 12.1 Å². The summed E-state index contributed by atoms with van der Waals surface area (Å²) in [4.78, 5) is 13.3. The van der Waals surface area contributed by atoms with Crippen molar-refractivity contribution in [2.45, 2.75) is 18.3 Å². The summed E-state index contributed by atoms with van der Waals surface area (Å²) in [5.41, 5.74) is 5.79. The Hall–Kier alpha value is -2.05. The minimum absolute atomic E-state index is 0.149. The summed E-state index contributed by atoms with van der Waals surface area (Å²) >= 11 is 6.13. The molecule has 0 saturated carbocycles. The monoisotopic (exact) mass is 340 g/mol. The van der Waals surface area contributed by atoms with Crippen LogP contribution in [0.15, 0.2) is 48.5 Å². The first-order valence-electron chi connectivity index (χ1n) is 6.81. The summed E-state index contributed by atoms with van der Waals surface area (Å²) in [7, 11) is 0. The molecule has 1 heterocycles. The molecule has 1 fully saturated rings. The summed E-state index contributed by atoms with van der Waals surface area (Å²) in [6.07, 6.45) is -4.48. The second-order valence-electron chi connectivity index (χ2n) is 5.25. The number of benzene rings is 2. The number of halogens is 4. The zero-order valence-corrected chi connectivity index (χ0v) is 12.5. The van der Waals surface area contributed by atoms with E-state index < -0.39 is 29.7 Å². The first-order chi connectivity index (χ1) is 10.8. The van der Waals surface area contributed by atoms with Gasteiger partial charge in [0.2, 0.25) is 5.91 Å². The first kappa shape index (κ1) is 15.8. The minimum Gasteiger partial charge on any atom is -0.318 e. The van der Waals surface area contributed by atoms with Gasteiger partial charge in [0, 0.05) is 10.7 Å². The fourth-order valence-corrected chi connectivity index (χ4v) is 2.93. The van der Waals surface area contributed by atoms with Crippen molar-refractivity contribution in [3.63, 3.8) is 0 Å². The van der Waals surface area contributed by atoms with E-state index in [0.29, 0.717) is 10.6 Å². The summed E-state index contributed by atoms with van der Waals surface area (Å²) in [5.74, 6) is -0.436. The Bertz CT molecular complexity index is 763. The van der Waals surface area contributed by atoms with Crippen molar-refractivity contribution in [1.29, 1.82) is 0 Å². The molecule has 1 saturated heterocycles. The number of β-lactam (4-membered cyclic amide) rings is 1. The van der Waals surface area contributed by atoms with Crippen LogP contribution in [-0.2, 0) is 11.0 Å². The maximum atomic E-state index is 12.9. The van der Waals surface area contributed by atoms with E-state index in [-0.39, 0.29) is 5.69 Å². The molecule has 2 atom stereocenters. The highest BCUT2D eigenvalue weighted by Gasteiger charge is 2.47.